The Morgan fingerprint density at radius 3 is 2.43 bits per heavy atom. The summed E-state index contributed by atoms with van der Waals surface area (Å²) in [6.45, 7) is 6.10. The van der Waals surface area contributed by atoms with E-state index in [0.717, 1.165) is 31.0 Å². The van der Waals surface area contributed by atoms with E-state index in [1.165, 1.54) is 5.57 Å². The summed E-state index contributed by atoms with van der Waals surface area (Å²) in [5, 5.41) is 0. The summed E-state index contributed by atoms with van der Waals surface area (Å²) in [7, 11) is 1.70. The molecule has 0 unspecified atom stereocenters. The number of hydrogen-bond donors (Lipinski definition) is 0. The number of thioether (sulfide) groups is 1. The zero-order valence-corrected chi connectivity index (χ0v) is 14.0. The number of alkyl halides is 3. The maximum absolute atomic E-state index is 12.0. The third-order valence-electron chi connectivity index (χ3n) is 3.21. The first-order valence-corrected chi connectivity index (χ1v) is 8.12. The van der Waals surface area contributed by atoms with E-state index in [9.17, 15) is 18.0 Å². The summed E-state index contributed by atoms with van der Waals surface area (Å²) in [5.74, 6) is -1.61. The Balaban J connectivity index is 3.77. The molecule has 0 radical (unpaired) electrons. The van der Waals surface area contributed by atoms with Crippen LogP contribution in [0.4, 0.5) is 13.2 Å². The topological polar surface area (TPSA) is 26.3 Å². The monoisotopic (exact) mass is 326 g/mol. The van der Waals surface area contributed by atoms with Crippen LogP contribution in [0.3, 0.4) is 0 Å². The normalized spacial score (nSPS) is 13.6. The molecule has 0 aliphatic carbocycles. The number of allylic oxidation sites excluding steroid dienone is 2. The minimum atomic E-state index is -4.70. The van der Waals surface area contributed by atoms with E-state index in [0.29, 0.717) is 12.2 Å². The minimum absolute atomic E-state index is 0.117. The number of ether oxygens (including phenoxy) is 1. The Morgan fingerprint density at radius 2 is 1.90 bits per heavy atom. The van der Waals surface area contributed by atoms with Crippen LogP contribution in [0.2, 0.25) is 0 Å². The zero-order chi connectivity index (χ0) is 16.5. The average Bonchev–Trinajstić information content (AvgIpc) is 2.36. The van der Waals surface area contributed by atoms with Crippen LogP contribution in [0.5, 0.6) is 0 Å². The van der Waals surface area contributed by atoms with Crippen LogP contribution >= 0.6 is 11.8 Å². The van der Waals surface area contributed by atoms with Crippen molar-refractivity contribution in [3.05, 3.63) is 11.6 Å². The van der Waals surface area contributed by atoms with E-state index in [1.54, 1.807) is 7.11 Å². The van der Waals surface area contributed by atoms with Gasteiger partial charge in [-0.25, -0.2) is 0 Å². The van der Waals surface area contributed by atoms with E-state index >= 15 is 0 Å². The largest absolute Gasteiger partial charge is 0.450 e. The fraction of sp³-hybridized carbons (Fsp3) is 0.800. The number of halogens is 3. The molecule has 124 valence electrons. The summed E-state index contributed by atoms with van der Waals surface area (Å²) in [5.41, 5.74) is 1.11. The number of ketones is 1. The molecule has 0 rings (SSSR count). The Kier molecular flexibility index (Phi) is 9.29. The molecule has 0 aliphatic rings. The van der Waals surface area contributed by atoms with Crippen LogP contribution in [0.25, 0.3) is 0 Å². The first-order valence-electron chi connectivity index (χ1n) is 6.97. The second-order valence-corrected chi connectivity index (χ2v) is 6.74. The van der Waals surface area contributed by atoms with Crippen LogP contribution in [-0.2, 0) is 9.53 Å². The quantitative estimate of drug-likeness (QED) is 0.427. The lowest BCUT2D eigenvalue weighted by molar-refractivity contribution is -0.167. The van der Waals surface area contributed by atoms with Crippen molar-refractivity contribution in [1.82, 2.24) is 0 Å². The zero-order valence-electron chi connectivity index (χ0n) is 13.2. The molecule has 0 aromatic heterocycles. The Bertz CT molecular complexity index is 349. The summed E-state index contributed by atoms with van der Waals surface area (Å²) in [6, 6.07) is 0. The van der Waals surface area contributed by atoms with Gasteiger partial charge in [0.1, 0.15) is 0 Å². The van der Waals surface area contributed by atoms with E-state index < -0.39 is 17.7 Å². The Hall–Kier alpha value is -0.490. The second-order valence-electron chi connectivity index (χ2n) is 5.63. The highest BCUT2D eigenvalue weighted by Crippen LogP contribution is 2.20. The van der Waals surface area contributed by atoms with Gasteiger partial charge < -0.3 is 4.74 Å². The lowest BCUT2D eigenvalue weighted by Crippen LogP contribution is -2.24. The summed E-state index contributed by atoms with van der Waals surface area (Å²) >= 11 is 1.03. The van der Waals surface area contributed by atoms with Crippen molar-refractivity contribution in [1.29, 1.82) is 0 Å². The molecule has 0 amide bonds. The summed E-state index contributed by atoms with van der Waals surface area (Å²) in [6.07, 6.45) is 0.957. The van der Waals surface area contributed by atoms with Gasteiger partial charge in [0.25, 0.3) is 0 Å². The number of methoxy groups -OCH3 is 1. The molecule has 0 saturated heterocycles. The van der Waals surface area contributed by atoms with E-state index in [1.807, 2.05) is 26.8 Å². The predicted molar refractivity (Wildman–Crippen MR) is 81.7 cm³/mol. The van der Waals surface area contributed by atoms with E-state index in [2.05, 4.69) is 0 Å². The fourth-order valence-corrected chi connectivity index (χ4v) is 2.41. The van der Waals surface area contributed by atoms with Crippen LogP contribution in [0, 0.1) is 0 Å². The van der Waals surface area contributed by atoms with Crippen molar-refractivity contribution in [3.8, 4) is 0 Å². The van der Waals surface area contributed by atoms with Crippen molar-refractivity contribution in [3.63, 3.8) is 0 Å². The molecule has 0 spiro atoms. The van der Waals surface area contributed by atoms with Gasteiger partial charge in [0.05, 0.1) is 11.4 Å². The summed E-state index contributed by atoms with van der Waals surface area (Å²) in [4.78, 5) is 10.7. The molecule has 0 N–H and O–H groups in total. The van der Waals surface area contributed by atoms with Gasteiger partial charge in [-0.2, -0.15) is 24.9 Å². The number of Topliss-reactive ketones (excluding diaryl/α,β-unsaturated/α-hetero) is 1. The van der Waals surface area contributed by atoms with Crippen LogP contribution in [-0.4, -0.2) is 36.2 Å². The van der Waals surface area contributed by atoms with Crippen LogP contribution < -0.4 is 0 Å². The van der Waals surface area contributed by atoms with Crippen LogP contribution in [0.15, 0.2) is 11.6 Å². The molecule has 6 heteroatoms. The average molecular weight is 326 g/mol. The van der Waals surface area contributed by atoms with Crippen molar-refractivity contribution >= 4 is 17.5 Å². The Labute approximate surface area is 129 Å². The van der Waals surface area contributed by atoms with Gasteiger partial charge in [0.15, 0.2) is 0 Å². The smallest absolute Gasteiger partial charge is 0.379 e. The number of hydrogen-bond acceptors (Lipinski definition) is 3. The molecule has 21 heavy (non-hydrogen) atoms. The molecular weight excluding hydrogens is 301 g/mol. The number of rotatable bonds is 10. The lowest BCUT2D eigenvalue weighted by atomic mass is 9.99. The standard InChI is InChI=1S/C15H25F3O2S/c1-12(7-5-9-14(2,3)20-4)8-6-10-21-11-13(19)15(16,17)18/h8H,5-7,9-11H2,1-4H3/b12-8+. The van der Waals surface area contributed by atoms with E-state index in [-0.39, 0.29) is 5.60 Å². The fourth-order valence-electron chi connectivity index (χ4n) is 1.63. The maximum Gasteiger partial charge on any atom is 0.450 e. The van der Waals surface area contributed by atoms with Crippen molar-refractivity contribution in [2.75, 3.05) is 18.6 Å². The van der Waals surface area contributed by atoms with Gasteiger partial charge in [-0.15, -0.1) is 0 Å². The summed E-state index contributed by atoms with van der Waals surface area (Å²) < 4.78 is 41.2. The predicted octanol–water partition coefficient (Wildman–Crippen LogP) is 4.78. The molecule has 0 fully saturated rings. The molecule has 0 bridgehead atoms. The maximum atomic E-state index is 12.0. The molecule has 2 nitrogen and oxygen atoms in total. The lowest BCUT2D eigenvalue weighted by Gasteiger charge is -2.22. The number of carbonyl (C=O) groups is 1. The highest BCUT2D eigenvalue weighted by Gasteiger charge is 2.37. The molecule has 0 saturated carbocycles. The molecule has 0 heterocycles. The van der Waals surface area contributed by atoms with Crippen molar-refractivity contribution in [2.45, 2.75) is 58.2 Å². The molecular formula is C15H25F3O2S. The Morgan fingerprint density at radius 1 is 1.29 bits per heavy atom. The minimum Gasteiger partial charge on any atom is -0.379 e. The van der Waals surface area contributed by atoms with Gasteiger partial charge in [0, 0.05) is 7.11 Å². The highest BCUT2D eigenvalue weighted by molar-refractivity contribution is 7.99. The first kappa shape index (κ1) is 20.5. The molecule has 0 atom stereocenters. The van der Waals surface area contributed by atoms with Gasteiger partial charge >= 0.3 is 6.18 Å². The number of carbonyl (C=O) groups excluding carboxylic acids is 1. The highest BCUT2D eigenvalue weighted by atomic mass is 32.2. The van der Waals surface area contributed by atoms with Crippen molar-refractivity contribution < 1.29 is 22.7 Å². The van der Waals surface area contributed by atoms with Crippen LogP contribution in [0.1, 0.15) is 46.5 Å². The van der Waals surface area contributed by atoms with Crippen molar-refractivity contribution in [2.24, 2.45) is 0 Å². The third kappa shape index (κ3) is 10.8. The van der Waals surface area contributed by atoms with Gasteiger partial charge in [0.2, 0.25) is 5.78 Å². The molecule has 0 aromatic carbocycles. The van der Waals surface area contributed by atoms with Gasteiger partial charge in [-0.05, 0) is 52.2 Å². The molecule has 0 aliphatic heterocycles. The van der Waals surface area contributed by atoms with E-state index in [4.69, 9.17) is 4.74 Å². The van der Waals surface area contributed by atoms with Gasteiger partial charge in [-0.1, -0.05) is 11.6 Å². The SMILES string of the molecule is COC(C)(C)CCC/C(C)=C/CCSCC(=O)C(F)(F)F. The van der Waals surface area contributed by atoms with Gasteiger partial charge in [-0.3, -0.25) is 4.79 Å². The second kappa shape index (κ2) is 9.51. The first-order chi connectivity index (χ1) is 9.58. The molecule has 0 aromatic rings. The third-order valence-corrected chi connectivity index (χ3v) is 4.20.